The molecule has 2 rings (SSSR count). The number of nitrogens with zero attached hydrogens (tertiary/aromatic N) is 1. The van der Waals surface area contributed by atoms with E-state index in [0.29, 0.717) is 0 Å². The van der Waals surface area contributed by atoms with Crippen molar-refractivity contribution in [3.8, 4) is 0 Å². The third-order valence-corrected chi connectivity index (χ3v) is 4.60. The van der Waals surface area contributed by atoms with Gasteiger partial charge in [-0.2, -0.15) is 0 Å². The van der Waals surface area contributed by atoms with E-state index in [0.717, 1.165) is 25.9 Å². The van der Waals surface area contributed by atoms with Crippen LogP contribution in [-0.4, -0.2) is 11.5 Å². The minimum Gasteiger partial charge on any atom is -0.312 e. The fourth-order valence-electron chi connectivity index (χ4n) is 2.65. The maximum atomic E-state index is 4.84. The molecule has 0 amide bonds. The van der Waals surface area contributed by atoms with Crippen LogP contribution in [0.2, 0.25) is 0 Å². The van der Waals surface area contributed by atoms with Crippen LogP contribution < -0.4 is 5.32 Å². The highest BCUT2D eigenvalue weighted by molar-refractivity contribution is 7.11. The van der Waals surface area contributed by atoms with E-state index in [9.17, 15) is 0 Å². The summed E-state index contributed by atoms with van der Waals surface area (Å²) in [6.07, 6.45) is 3.15. The summed E-state index contributed by atoms with van der Waals surface area (Å²) in [6.45, 7) is 10.8. The molecule has 0 saturated heterocycles. The first-order valence-corrected chi connectivity index (χ1v) is 8.69. The molecular formula is C18H26N2S. The van der Waals surface area contributed by atoms with E-state index in [-0.39, 0.29) is 0 Å². The van der Waals surface area contributed by atoms with Crippen LogP contribution in [0.4, 0.5) is 0 Å². The van der Waals surface area contributed by atoms with Gasteiger partial charge in [-0.1, -0.05) is 43.2 Å². The van der Waals surface area contributed by atoms with Crippen molar-refractivity contribution in [2.75, 3.05) is 6.54 Å². The summed E-state index contributed by atoms with van der Waals surface area (Å²) in [5.41, 5.74) is 5.31. The van der Waals surface area contributed by atoms with Crippen LogP contribution in [0.15, 0.2) is 18.2 Å². The summed E-state index contributed by atoms with van der Waals surface area (Å²) >= 11 is 1.87. The Kier molecular flexibility index (Phi) is 5.95. The molecule has 0 bridgehead atoms. The van der Waals surface area contributed by atoms with Crippen molar-refractivity contribution in [3.05, 3.63) is 50.5 Å². The van der Waals surface area contributed by atoms with E-state index < -0.39 is 0 Å². The zero-order valence-electron chi connectivity index (χ0n) is 13.6. The summed E-state index contributed by atoms with van der Waals surface area (Å²) in [5, 5.41) is 4.73. The summed E-state index contributed by atoms with van der Waals surface area (Å²) in [7, 11) is 0. The van der Waals surface area contributed by atoms with Crippen LogP contribution in [0.3, 0.4) is 0 Å². The molecule has 21 heavy (non-hydrogen) atoms. The maximum absolute atomic E-state index is 4.84. The first-order chi connectivity index (χ1) is 10.1. The van der Waals surface area contributed by atoms with E-state index in [1.54, 1.807) is 0 Å². The van der Waals surface area contributed by atoms with Crippen LogP contribution in [0, 0.1) is 13.8 Å². The standard InChI is InChI=1S/C18H26N2S/c1-5-7-19-12-17-16(6-2)20-18(21-17)11-15-9-13(3)8-14(4)10-15/h8-10,19H,5-7,11-12H2,1-4H3. The predicted octanol–water partition coefficient (Wildman–Crippen LogP) is 4.41. The molecule has 1 heterocycles. The van der Waals surface area contributed by atoms with Crippen LogP contribution in [0.1, 0.15) is 52.5 Å². The smallest absolute Gasteiger partial charge is 0.0975 e. The Bertz CT molecular complexity index is 567. The molecule has 114 valence electrons. The minimum atomic E-state index is 0.952. The van der Waals surface area contributed by atoms with Gasteiger partial charge in [0.25, 0.3) is 0 Å². The van der Waals surface area contributed by atoms with Gasteiger partial charge in [-0.05, 0) is 38.8 Å². The molecule has 0 spiro atoms. The Morgan fingerprint density at radius 2 is 1.81 bits per heavy atom. The molecule has 0 unspecified atom stereocenters. The molecule has 1 N–H and O–H groups in total. The first-order valence-electron chi connectivity index (χ1n) is 7.87. The first kappa shape index (κ1) is 16.2. The van der Waals surface area contributed by atoms with Crippen LogP contribution in [0.25, 0.3) is 0 Å². The number of nitrogens with one attached hydrogen (secondary N) is 1. The Labute approximate surface area is 132 Å². The van der Waals surface area contributed by atoms with Crippen molar-refractivity contribution in [2.24, 2.45) is 0 Å². The molecule has 0 aliphatic carbocycles. The SMILES string of the molecule is CCCNCc1sc(Cc2cc(C)cc(C)c2)nc1CC. The van der Waals surface area contributed by atoms with Gasteiger partial charge < -0.3 is 5.32 Å². The molecule has 1 aromatic carbocycles. The lowest BCUT2D eigenvalue weighted by molar-refractivity contribution is 0.676. The molecule has 0 aliphatic rings. The molecule has 2 aromatic rings. The van der Waals surface area contributed by atoms with Crippen LogP contribution in [0.5, 0.6) is 0 Å². The second kappa shape index (κ2) is 7.71. The van der Waals surface area contributed by atoms with Gasteiger partial charge in [0.1, 0.15) is 0 Å². The minimum absolute atomic E-state index is 0.952. The van der Waals surface area contributed by atoms with Crippen LogP contribution in [-0.2, 0) is 19.4 Å². The molecule has 0 saturated carbocycles. The summed E-state index contributed by atoms with van der Waals surface area (Å²) in [5.74, 6) is 0. The summed E-state index contributed by atoms with van der Waals surface area (Å²) in [6, 6.07) is 6.77. The normalized spacial score (nSPS) is 11.0. The van der Waals surface area contributed by atoms with Gasteiger partial charge >= 0.3 is 0 Å². The van der Waals surface area contributed by atoms with E-state index in [1.165, 1.54) is 38.7 Å². The van der Waals surface area contributed by atoms with E-state index in [4.69, 9.17) is 4.98 Å². The highest BCUT2D eigenvalue weighted by Gasteiger charge is 2.10. The average molecular weight is 302 g/mol. The lowest BCUT2D eigenvalue weighted by Crippen LogP contribution is -2.13. The molecular weight excluding hydrogens is 276 g/mol. The number of benzene rings is 1. The Balaban J connectivity index is 2.12. The quantitative estimate of drug-likeness (QED) is 0.766. The molecule has 2 nitrogen and oxygen atoms in total. The second-order valence-electron chi connectivity index (χ2n) is 5.68. The van der Waals surface area contributed by atoms with E-state index in [2.05, 4.69) is 51.2 Å². The Morgan fingerprint density at radius 3 is 2.43 bits per heavy atom. The topological polar surface area (TPSA) is 24.9 Å². The van der Waals surface area contributed by atoms with Crippen LogP contribution >= 0.6 is 11.3 Å². The lowest BCUT2D eigenvalue weighted by atomic mass is 10.1. The second-order valence-corrected chi connectivity index (χ2v) is 6.85. The Morgan fingerprint density at radius 1 is 1.10 bits per heavy atom. The lowest BCUT2D eigenvalue weighted by Gasteiger charge is -2.02. The Hall–Kier alpha value is -1.19. The van der Waals surface area contributed by atoms with E-state index >= 15 is 0 Å². The van der Waals surface area contributed by atoms with Gasteiger partial charge in [0.2, 0.25) is 0 Å². The highest BCUT2D eigenvalue weighted by Crippen LogP contribution is 2.22. The molecule has 3 heteroatoms. The maximum Gasteiger partial charge on any atom is 0.0975 e. The number of hydrogen-bond donors (Lipinski definition) is 1. The van der Waals surface area contributed by atoms with Gasteiger partial charge in [-0.3, -0.25) is 0 Å². The molecule has 0 aliphatic heterocycles. The number of rotatable bonds is 7. The van der Waals surface area contributed by atoms with Crippen molar-refractivity contribution in [1.82, 2.24) is 10.3 Å². The number of aromatic nitrogens is 1. The van der Waals surface area contributed by atoms with Crippen molar-refractivity contribution >= 4 is 11.3 Å². The molecule has 1 aromatic heterocycles. The third kappa shape index (κ3) is 4.65. The number of thiazole rings is 1. The largest absolute Gasteiger partial charge is 0.312 e. The van der Waals surface area contributed by atoms with Gasteiger partial charge in [0.05, 0.1) is 10.7 Å². The van der Waals surface area contributed by atoms with Gasteiger partial charge in [-0.15, -0.1) is 11.3 Å². The van der Waals surface area contributed by atoms with Crippen molar-refractivity contribution in [1.29, 1.82) is 0 Å². The third-order valence-electron chi connectivity index (χ3n) is 3.51. The summed E-state index contributed by atoms with van der Waals surface area (Å²) in [4.78, 5) is 6.25. The zero-order chi connectivity index (χ0) is 15.2. The monoisotopic (exact) mass is 302 g/mol. The zero-order valence-corrected chi connectivity index (χ0v) is 14.4. The number of hydrogen-bond acceptors (Lipinski definition) is 3. The predicted molar refractivity (Wildman–Crippen MR) is 92.2 cm³/mol. The summed E-state index contributed by atoms with van der Waals surface area (Å²) < 4.78 is 0. The van der Waals surface area contributed by atoms with Crippen molar-refractivity contribution in [3.63, 3.8) is 0 Å². The molecule has 0 atom stereocenters. The average Bonchev–Trinajstić information content (AvgIpc) is 2.80. The van der Waals surface area contributed by atoms with Gasteiger partial charge in [-0.25, -0.2) is 4.98 Å². The molecule has 0 fully saturated rings. The van der Waals surface area contributed by atoms with E-state index in [1.807, 2.05) is 11.3 Å². The van der Waals surface area contributed by atoms with Gasteiger partial charge in [0, 0.05) is 17.8 Å². The highest BCUT2D eigenvalue weighted by atomic mass is 32.1. The number of aryl methyl sites for hydroxylation is 3. The molecule has 0 radical (unpaired) electrons. The van der Waals surface area contributed by atoms with Crippen molar-refractivity contribution < 1.29 is 0 Å². The van der Waals surface area contributed by atoms with Gasteiger partial charge in [0.15, 0.2) is 0 Å². The van der Waals surface area contributed by atoms with Crippen molar-refractivity contribution in [2.45, 2.75) is 53.5 Å². The fraction of sp³-hybridized carbons (Fsp3) is 0.500. The fourth-order valence-corrected chi connectivity index (χ4v) is 3.81.